The monoisotopic (exact) mass is 360 g/mol. The normalized spacial score (nSPS) is 16.5. The molecule has 1 aromatic heterocycles. The van der Waals surface area contributed by atoms with Gasteiger partial charge in [-0.05, 0) is 30.7 Å². The summed E-state index contributed by atoms with van der Waals surface area (Å²) >= 11 is 6.01. The summed E-state index contributed by atoms with van der Waals surface area (Å²) < 4.78 is 0. The van der Waals surface area contributed by atoms with Crippen LogP contribution >= 0.6 is 11.6 Å². The number of hydrogen-bond acceptors (Lipinski definition) is 4. The van der Waals surface area contributed by atoms with Crippen molar-refractivity contribution in [3.05, 3.63) is 53.3 Å². The van der Waals surface area contributed by atoms with Gasteiger partial charge in [0.25, 0.3) is 5.91 Å². The lowest BCUT2D eigenvalue weighted by molar-refractivity contribution is -0.892. The van der Waals surface area contributed by atoms with Crippen molar-refractivity contribution >= 4 is 23.5 Å². The van der Waals surface area contributed by atoms with Crippen LogP contribution in [0.2, 0.25) is 5.02 Å². The molecule has 1 fully saturated rings. The minimum Gasteiger partial charge on any atom is -0.345 e. The van der Waals surface area contributed by atoms with Gasteiger partial charge in [0.2, 0.25) is 5.95 Å². The zero-order valence-electron chi connectivity index (χ0n) is 14.3. The lowest BCUT2D eigenvalue weighted by Crippen LogP contribution is -3.16. The summed E-state index contributed by atoms with van der Waals surface area (Å²) in [5.74, 6) is 0.826. The topological polar surface area (TPSA) is 62.6 Å². The predicted molar refractivity (Wildman–Crippen MR) is 97.8 cm³/mol. The third kappa shape index (κ3) is 4.90. The van der Waals surface area contributed by atoms with Gasteiger partial charge in [0.1, 0.15) is 0 Å². The van der Waals surface area contributed by atoms with E-state index in [1.807, 2.05) is 37.3 Å². The average molecular weight is 361 g/mol. The molecule has 1 aromatic carbocycles. The van der Waals surface area contributed by atoms with Crippen LogP contribution in [0.15, 0.2) is 42.7 Å². The molecule has 1 saturated heterocycles. The van der Waals surface area contributed by atoms with E-state index in [9.17, 15) is 4.79 Å². The van der Waals surface area contributed by atoms with Gasteiger partial charge in [-0.2, -0.15) is 0 Å². The molecule has 0 unspecified atom stereocenters. The fraction of sp³-hybridized carbons (Fsp3) is 0.389. The summed E-state index contributed by atoms with van der Waals surface area (Å²) in [5, 5.41) is 3.74. The molecule has 0 aliphatic carbocycles. The summed E-state index contributed by atoms with van der Waals surface area (Å²) in [6.07, 6.45) is 3.51. The van der Waals surface area contributed by atoms with Crippen LogP contribution in [-0.4, -0.2) is 48.6 Å². The lowest BCUT2D eigenvalue weighted by atomic mass is 10.1. The van der Waals surface area contributed by atoms with Crippen LogP contribution in [-0.2, 0) is 4.79 Å². The van der Waals surface area contributed by atoms with Gasteiger partial charge in [-0.15, -0.1) is 0 Å². The molecule has 7 heteroatoms. The van der Waals surface area contributed by atoms with Crippen molar-refractivity contribution in [2.24, 2.45) is 0 Å². The number of quaternary nitrogens is 1. The number of amides is 1. The molecule has 1 amide bonds. The Morgan fingerprint density at radius 2 is 2.00 bits per heavy atom. The third-order valence-electron chi connectivity index (χ3n) is 4.44. The maximum Gasteiger partial charge on any atom is 0.275 e. The van der Waals surface area contributed by atoms with Crippen molar-refractivity contribution in [3.63, 3.8) is 0 Å². The van der Waals surface area contributed by atoms with Gasteiger partial charge in [-0.25, -0.2) is 9.97 Å². The first-order valence-corrected chi connectivity index (χ1v) is 8.90. The van der Waals surface area contributed by atoms with Gasteiger partial charge in [0, 0.05) is 17.4 Å². The number of carbonyl (C=O) groups excluding carboxylic acids is 1. The quantitative estimate of drug-likeness (QED) is 0.824. The molecule has 0 saturated carbocycles. The van der Waals surface area contributed by atoms with E-state index in [1.165, 1.54) is 4.90 Å². The SMILES string of the molecule is C[C@H](NC(=O)C[NH+]1CCN(c2ncccn2)CC1)c1cccc(Cl)c1. The molecule has 2 N–H and O–H groups in total. The number of nitrogens with one attached hydrogen (secondary N) is 2. The predicted octanol–water partition coefficient (Wildman–Crippen LogP) is 0.712. The first kappa shape index (κ1) is 17.6. The second-order valence-electron chi connectivity index (χ2n) is 6.31. The molecule has 0 bridgehead atoms. The standard InChI is InChI=1S/C18H22ClN5O/c1-14(15-4-2-5-16(19)12-15)22-17(25)13-23-8-10-24(11-9-23)18-20-6-3-7-21-18/h2-7,12,14H,8-11,13H2,1H3,(H,22,25)/p+1/t14-/m0/s1. The Bertz CT molecular complexity index is 704. The van der Waals surface area contributed by atoms with Crippen LogP contribution in [0.4, 0.5) is 5.95 Å². The van der Waals surface area contributed by atoms with E-state index < -0.39 is 0 Å². The molecular weight excluding hydrogens is 338 g/mol. The zero-order chi connectivity index (χ0) is 17.6. The van der Waals surface area contributed by atoms with Crippen LogP contribution in [0, 0.1) is 0 Å². The minimum atomic E-state index is -0.0513. The van der Waals surface area contributed by atoms with Crippen LogP contribution in [0.25, 0.3) is 0 Å². The number of benzene rings is 1. The number of anilines is 1. The number of rotatable bonds is 5. The van der Waals surface area contributed by atoms with Crippen molar-refractivity contribution in [1.82, 2.24) is 15.3 Å². The number of aromatic nitrogens is 2. The maximum atomic E-state index is 12.3. The maximum absolute atomic E-state index is 12.3. The molecule has 3 rings (SSSR count). The lowest BCUT2D eigenvalue weighted by Gasteiger charge is -2.31. The third-order valence-corrected chi connectivity index (χ3v) is 4.68. The first-order valence-electron chi connectivity index (χ1n) is 8.52. The highest BCUT2D eigenvalue weighted by molar-refractivity contribution is 6.30. The van der Waals surface area contributed by atoms with Crippen LogP contribution in [0.5, 0.6) is 0 Å². The van der Waals surface area contributed by atoms with Crippen LogP contribution in [0.1, 0.15) is 18.5 Å². The highest BCUT2D eigenvalue weighted by Gasteiger charge is 2.24. The summed E-state index contributed by atoms with van der Waals surface area (Å²) in [5.41, 5.74) is 1.02. The molecular formula is C18H23ClN5O+. The van der Waals surface area contributed by atoms with Crippen molar-refractivity contribution in [1.29, 1.82) is 0 Å². The Hall–Kier alpha value is -2.18. The second-order valence-corrected chi connectivity index (χ2v) is 6.74. The molecule has 25 heavy (non-hydrogen) atoms. The molecule has 1 atom stereocenters. The zero-order valence-corrected chi connectivity index (χ0v) is 15.0. The Morgan fingerprint density at radius 3 is 2.68 bits per heavy atom. The fourth-order valence-electron chi connectivity index (χ4n) is 3.03. The van der Waals surface area contributed by atoms with E-state index in [4.69, 9.17) is 11.6 Å². The Kier molecular flexibility index (Phi) is 5.83. The summed E-state index contributed by atoms with van der Waals surface area (Å²) in [6, 6.07) is 9.36. The number of piperazine rings is 1. The second kappa shape index (κ2) is 8.27. The highest BCUT2D eigenvalue weighted by Crippen LogP contribution is 2.17. The van der Waals surface area contributed by atoms with Gasteiger partial charge in [-0.1, -0.05) is 23.7 Å². The van der Waals surface area contributed by atoms with Crippen molar-refractivity contribution in [2.75, 3.05) is 37.6 Å². The fourth-order valence-corrected chi connectivity index (χ4v) is 3.23. The molecule has 6 nitrogen and oxygen atoms in total. The molecule has 1 aliphatic rings. The number of nitrogens with zero attached hydrogens (tertiary/aromatic N) is 3. The largest absolute Gasteiger partial charge is 0.345 e. The summed E-state index contributed by atoms with van der Waals surface area (Å²) in [4.78, 5) is 24.3. The van der Waals surface area contributed by atoms with Gasteiger partial charge in [-0.3, -0.25) is 4.79 Å². The van der Waals surface area contributed by atoms with E-state index in [1.54, 1.807) is 12.4 Å². The Balaban J connectivity index is 1.46. The highest BCUT2D eigenvalue weighted by atomic mass is 35.5. The first-order chi connectivity index (χ1) is 12.1. The summed E-state index contributed by atoms with van der Waals surface area (Å²) in [7, 11) is 0. The molecule has 0 radical (unpaired) electrons. The summed E-state index contributed by atoms with van der Waals surface area (Å²) in [6.45, 7) is 5.97. The van der Waals surface area contributed by atoms with E-state index >= 15 is 0 Å². The number of carbonyl (C=O) groups is 1. The number of halogens is 1. The number of hydrogen-bond donors (Lipinski definition) is 2. The van der Waals surface area contributed by atoms with E-state index in [0.29, 0.717) is 11.6 Å². The molecule has 132 valence electrons. The molecule has 2 heterocycles. The van der Waals surface area contributed by atoms with Gasteiger partial charge >= 0.3 is 0 Å². The molecule has 2 aromatic rings. The molecule has 1 aliphatic heterocycles. The van der Waals surface area contributed by atoms with Gasteiger partial charge in [0.05, 0.1) is 32.2 Å². The Morgan fingerprint density at radius 1 is 1.28 bits per heavy atom. The van der Waals surface area contributed by atoms with Gasteiger partial charge < -0.3 is 15.1 Å². The average Bonchev–Trinajstić information content (AvgIpc) is 2.63. The smallest absolute Gasteiger partial charge is 0.275 e. The van der Waals surface area contributed by atoms with Crippen molar-refractivity contribution < 1.29 is 9.69 Å². The molecule has 0 spiro atoms. The minimum absolute atomic E-state index is 0.0513. The Labute approximate surface area is 152 Å². The van der Waals surface area contributed by atoms with Gasteiger partial charge in [0.15, 0.2) is 6.54 Å². The van der Waals surface area contributed by atoms with E-state index in [-0.39, 0.29) is 11.9 Å². The van der Waals surface area contributed by atoms with Crippen LogP contribution in [0.3, 0.4) is 0 Å². The van der Waals surface area contributed by atoms with E-state index in [0.717, 1.165) is 37.7 Å². The van der Waals surface area contributed by atoms with Crippen molar-refractivity contribution in [3.8, 4) is 0 Å². The van der Waals surface area contributed by atoms with E-state index in [2.05, 4.69) is 20.2 Å². The van der Waals surface area contributed by atoms with Crippen molar-refractivity contribution in [2.45, 2.75) is 13.0 Å². The van der Waals surface area contributed by atoms with Crippen LogP contribution < -0.4 is 15.1 Å².